The molecule has 0 aromatic heterocycles. The molecule has 0 aliphatic carbocycles. The largest absolute Gasteiger partial charge is 0.350 e. The molecule has 0 fully saturated rings. The average molecular weight is 277 g/mol. The minimum atomic E-state index is -0.0241. The van der Waals surface area contributed by atoms with Crippen LogP contribution in [0.3, 0.4) is 0 Å². The van der Waals surface area contributed by atoms with Crippen LogP contribution in [0, 0.1) is 0 Å². The molecule has 1 amide bonds. The lowest BCUT2D eigenvalue weighted by molar-refractivity contribution is -0.121. The maximum Gasteiger partial charge on any atom is 0.220 e. The molecule has 3 N–H and O–H groups in total. The molecule has 0 bridgehead atoms. The van der Waals surface area contributed by atoms with Crippen LogP contribution in [0.5, 0.6) is 0 Å². The van der Waals surface area contributed by atoms with E-state index in [1.54, 1.807) is 0 Å². The lowest BCUT2D eigenvalue weighted by atomic mass is 10.1. The van der Waals surface area contributed by atoms with E-state index in [9.17, 15) is 4.79 Å². The van der Waals surface area contributed by atoms with Gasteiger partial charge in [0.25, 0.3) is 0 Å². The fraction of sp³-hybridized carbons (Fsp3) is 0.417. The molecule has 1 aromatic carbocycles. The molecular weight excluding hydrogens is 259 g/mol. The first-order valence-electron chi connectivity index (χ1n) is 5.38. The Morgan fingerprint density at radius 3 is 2.82 bits per heavy atom. The molecule has 0 saturated heterocycles. The number of hydrogen-bond donors (Lipinski definition) is 2. The average Bonchev–Trinajstić information content (AvgIpc) is 2.26. The predicted octanol–water partition coefficient (Wildman–Crippen LogP) is 2.68. The number of halogens is 2. The SMILES string of the molecule is CC(NC(=O)CCCN)c1cccc(Cl)c1.Cl. The van der Waals surface area contributed by atoms with E-state index < -0.39 is 0 Å². The first-order chi connectivity index (χ1) is 7.63. The Hall–Kier alpha value is -0.770. The summed E-state index contributed by atoms with van der Waals surface area (Å²) in [4.78, 5) is 11.5. The third-order valence-electron chi connectivity index (χ3n) is 2.33. The summed E-state index contributed by atoms with van der Waals surface area (Å²) in [5.41, 5.74) is 6.35. The Labute approximate surface area is 113 Å². The van der Waals surface area contributed by atoms with Gasteiger partial charge in [-0.2, -0.15) is 0 Å². The van der Waals surface area contributed by atoms with Crippen LogP contribution < -0.4 is 11.1 Å². The number of amides is 1. The molecule has 1 aromatic rings. The van der Waals surface area contributed by atoms with Crippen LogP contribution in [0.2, 0.25) is 5.02 Å². The molecule has 17 heavy (non-hydrogen) atoms. The highest BCUT2D eigenvalue weighted by Crippen LogP contribution is 2.17. The quantitative estimate of drug-likeness (QED) is 0.869. The van der Waals surface area contributed by atoms with Gasteiger partial charge in [-0.25, -0.2) is 0 Å². The van der Waals surface area contributed by atoms with Crippen molar-refractivity contribution in [3.63, 3.8) is 0 Å². The second kappa shape index (κ2) is 8.34. The van der Waals surface area contributed by atoms with Crippen molar-refractivity contribution < 1.29 is 4.79 Å². The normalized spacial score (nSPS) is 11.5. The first kappa shape index (κ1) is 16.2. The highest BCUT2D eigenvalue weighted by molar-refractivity contribution is 6.30. The summed E-state index contributed by atoms with van der Waals surface area (Å²) in [5, 5.41) is 3.59. The Balaban J connectivity index is 0.00000256. The highest BCUT2D eigenvalue weighted by Gasteiger charge is 2.08. The van der Waals surface area contributed by atoms with Crippen molar-refractivity contribution in [1.29, 1.82) is 0 Å². The van der Waals surface area contributed by atoms with Gasteiger partial charge in [-0.15, -0.1) is 12.4 Å². The first-order valence-corrected chi connectivity index (χ1v) is 5.76. The molecule has 0 saturated carbocycles. The number of hydrogen-bond acceptors (Lipinski definition) is 2. The summed E-state index contributed by atoms with van der Waals surface area (Å²) in [6.45, 7) is 2.48. The van der Waals surface area contributed by atoms with E-state index >= 15 is 0 Å². The van der Waals surface area contributed by atoms with Crippen LogP contribution in [-0.2, 0) is 4.79 Å². The second-order valence-electron chi connectivity index (χ2n) is 3.74. The van der Waals surface area contributed by atoms with Gasteiger partial charge in [0.05, 0.1) is 6.04 Å². The van der Waals surface area contributed by atoms with E-state index in [-0.39, 0.29) is 24.4 Å². The van der Waals surface area contributed by atoms with Crippen LogP contribution in [-0.4, -0.2) is 12.5 Å². The van der Waals surface area contributed by atoms with Crippen molar-refractivity contribution in [2.45, 2.75) is 25.8 Å². The molecular formula is C12H18Cl2N2O. The number of benzene rings is 1. The van der Waals surface area contributed by atoms with Crippen molar-refractivity contribution in [1.82, 2.24) is 5.32 Å². The molecule has 96 valence electrons. The zero-order valence-electron chi connectivity index (χ0n) is 9.78. The molecule has 0 aliphatic rings. The number of carbonyl (C=O) groups excluding carboxylic acids is 1. The van der Waals surface area contributed by atoms with Crippen molar-refractivity contribution in [2.75, 3.05) is 6.54 Å². The lowest BCUT2D eigenvalue weighted by Gasteiger charge is -2.14. The summed E-state index contributed by atoms with van der Waals surface area (Å²) in [7, 11) is 0. The van der Waals surface area contributed by atoms with E-state index in [2.05, 4.69) is 5.32 Å². The lowest BCUT2D eigenvalue weighted by Crippen LogP contribution is -2.26. The number of carbonyl (C=O) groups is 1. The maximum atomic E-state index is 11.5. The van der Waals surface area contributed by atoms with Gasteiger partial charge in [0.1, 0.15) is 0 Å². The van der Waals surface area contributed by atoms with Gasteiger partial charge in [-0.1, -0.05) is 23.7 Å². The molecule has 1 atom stereocenters. The number of nitrogens with one attached hydrogen (secondary N) is 1. The topological polar surface area (TPSA) is 55.1 Å². The van der Waals surface area contributed by atoms with E-state index in [0.717, 1.165) is 5.56 Å². The Kier molecular flexibility index (Phi) is 7.96. The Morgan fingerprint density at radius 1 is 1.53 bits per heavy atom. The fourth-order valence-corrected chi connectivity index (χ4v) is 1.63. The molecule has 3 nitrogen and oxygen atoms in total. The van der Waals surface area contributed by atoms with Crippen LogP contribution in [0.15, 0.2) is 24.3 Å². The van der Waals surface area contributed by atoms with Crippen molar-refractivity contribution in [3.8, 4) is 0 Å². The van der Waals surface area contributed by atoms with E-state index in [4.69, 9.17) is 17.3 Å². The minimum absolute atomic E-state index is 0. The van der Waals surface area contributed by atoms with Gasteiger partial charge in [-0.05, 0) is 37.6 Å². The Bertz CT molecular complexity index is 358. The molecule has 0 spiro atoms. The molecule has 1 rings (SSSR count). The van der Waals surface area contributed by atoms with Crippen LogP contribution >= 0.6 is 24.0 Å². The van der Waals surface area contributed by atoms with Crippen molar-refractivity contribution in [3.05, 3.63) is 34.9 Å². The summed E-state index contributed by atoms with van der Waals surface area (Å²) >= 11 is 5.88. The van der Waals surface area contributed by atoms with Gasteiger partial charge >= 0.3 is 0 Å². The van der Waals surface area contributed by atoms with E-state index in [1.807, 2.05) is 31.2 Å². The van der Waals surface area contributed by atoms with Gasteiger partial charge < -0.3 is 11.1 Å². The van der Waals surface area contributed by atoms with Crippen molar-refractivity contribution >= 4 is 29.9 Å². The summed E-state index contributed by atoms with van der Waals surface area (Å²) in [5.74, 6) is 0.0259. The Morgan fingerprint density at radius 2 is 2.24 bits per heavy atom. The molecule has 0 heterocycles. The summed E-state index contributed by atoms with van der Waals surface area (Å²) in [6.07, 6.45) is 1.19. The highest BCUT2D eigenvalue weighted by atomic mass is 35.5. The molecule has 1 unspecified atom stereocenters. The van der Waals surface area contributed by atoms with Gasteiger partial charge in [-0.3, -0.25) is 4.79 Å². The minimum Gasteiger partial charge on any atom is -0.350 e. The van der Waals surface area contributed by atoms with Gasteiger partial charge in [0.15, 0.2) is 0 Å². The van der Waals surface area contributed by atoms with Crippen LogP contribution in [0.4, 0.5) is 0 Å². The predicted molar refractivity (Wildman–Crippen MR) is 73.5 cm³/mol. The smallest absolute Gasteiger partial charge is 0.220 e. The van der Waals surface area contributed by atoms with E-state index in [1.165, 1.54) is 0 Å². The van der Waals surface area contributed by atoms with Gasteiger partial charge in [0, 0.05) is 11.4 Å². The zero-order chi connectivity index (χ0) is 12.0. The third kappa shape index (κ3) is 5.91. The number of nitrogens with two attached hydrogens (primary N) is 1. The standard InChI is InChI=1S/C12H17ClN2O.ClH/c1-9(15-12(16)6-3-7-14)10-4-2-5-11(13)8-10;/h2,4-5,8-9H,3,6-7,14H2,1H3,(H,15,16);1H. The van der Waals surface area contributed by atoms with Gasteiger partial charge in [0.2, 0.25) is 5.91 Å². The molecule has 0 aliphatic heterocycles. The van der Waals surface area contributed by atoms with Crippen LogP contribution in [0.25, 0.3) is 0 Å². The zero-order valence-corrected chi connectivity index (χ0v) is 11.4. The monoisotopic (exact) mass is 276 g/mol. The summed E-state index contributed by atoms with van der Waals surface area (Å²) < 4.78 is 0. The van der Waals surface area contributed by atoms with E-state index in [0.29, 0.717) is 24.4 Å². The fourth-order valence-electron chi connectivity index (χ4n) is 1.44. The molecule has 0 radical (unpaired) electrons. The molecule has 5 heteroatoms. The summed E-state index contributed by atoms with van der Waals surface area (Å²) in [6, 6.07) is 7.47. The van der Waals surface area contributed by atoms with Crippen LogP contribution in [0.1, 0.15) is 31.4 Å². The maximum absolute atomic E-state index is 11.5. The number of rotatable bonds is 5. The second-order valence-corrected chi connectivity index (χ2v) is 4.17. The third-order valence-corrected chi connectivity index (χ3v) is 2.57. The van der Waals surface area contributed by atoms with Crippen molar-refractivity contribution in [2.24, 2.45) is 5.73 Å².